The highest BCUT2D eigenvalue weighted by Gasteiger charge is 2.47. The minimum atomic E-state index is -1.13. The zero-order chi connectivity index (χ0) is 9.59. The molecule has 0 aromatic carbocycles. The van der Waals surface area contributed by atoms with Gasteiger partial charge in [0, 0.05) is 13.1 Å². The lowest BCUT2D eigenvalue weighted by Gasteiger charge is -2.40. The summed E-state index contributed by atoms with van der Waals surface area (Å²) in [5.41, 5.74) is 0. The largest absolute Gasteiger partial charge is 0.391 e. The van der Waals surface area contributed by atoms with Crippen molar-refractivity contribution < 1.29 is 20.4 Å². The molecular formula is C8H15NO4. The van der Waals surface area contributed by atoms with Crippen LogP contribution in [-0.4, -0.2) is 68.9 Å². The fourth-order valence-corrected chi connectivity index (χ4v) is 2.30. The summed E-state index contributed by atoms with van der Waals surface area (Å²) in [6, 6.07) is -0.404. The highest BCUT2D eigenvalue weighted by molar-refractivity contribution is 5.01. The summed E-state index contributed by atoms with van der Waals surface area (Å²) >= 11 is 0. The van der Waals surface area contributed by atoms with Gasteiger partial charge in [-0.2, -0.15) is 0 Å². The minimum Gasteiger partial charge on any atom is -0.391 e. The molecule has 2 fully saturated rings. The van der Waals surface area contributed by atoms with Crippen LogP contribution < -0.4 is 0 Å². The third kappa shape index (κ3) is 1.37. The molecule has 0 aromatic heterocycles. The first kappa shape index (κ1) is 9.36. The van der Waals surface area contributed by atoms with Crippen LogP contribution in [-0.2, 0) is 0 Å². The molecule has 4 N–H and O–H groups in total. The van der Waals surface area contributed by atoms with E-state index in [1.165, 1.54) is 0 Å². The lowest BCUT2D eigenvalue weighted by molar-refractivity contribution is -0.140. The average Bonchev–Trinajstić information content (AvgIpc) is 2.43. The van der Waals surface area contributed by atoms with Crippen molar-refractivity contribution >= 4 is 0 Å². The smallest absolute Gasteiger partial charge is 0.109 e. The first-order valence-corrected chi connectivity index (χ1v) is 4.57. The highest BCUT2D eigenvalue weighted by atomic mass is 16.4. The number of aliphatic hydroxyl groups excluding tert-OH is 4. The summed E-state index contributed by atoms with van der Waals surface area (Å²) in [5.74, 6) is 0. The Hall–Kier alpha value is -0.200. The molecule has 0 spiro atoms. The monoisotopic (exact) mass is 189 g/mol. The van der Waals surface area contributed by atoms with E-state index < -0.39 is 30.5 Å². The van der Waals surface area contributed by atoms with Crippen LogP contribution in [0.4, 0.5) is 0 Å². The quantitative estimate of drug-likeness (QED) is 0.339. The number of aliphatic hydroxyl groups is 4. The van der Waals surface area contributed by atoms with Crippen molar-refractivity contribution in [2.75, 3.05) is 13.1 Å². The van der Waals surface area contributed by atoms with Gasteiger partial charge in [-0.3, -0.25) is 4.90 Å². The molecule has 0 saturated carbocycles. The van der Waals surface area contributed by atoms with Gasteiger partial charge in [0.2, 0.25) is 0 Å². The molecule has 5 heteroatoms. The van der Waals surface area contributed by atoms with Crippen LogP contribution in [0.5, 0.6) is 0 Å². The number of rotatable bonds is 0. The van der Waals surface area contributed by atoms with Crippen molar-refractivity contribution in [2.24, 2.45) is 0 Å². The third-order valence-corrected chi connectivity index (χ3v) is 3.04. The zero-order valence-corrected chi connectivity index (χ0v) is 7.24. The molecular weight excluding hydrogens is 174 g/mol. The van der Waals surface area contributed by atoms with Gasteiger partial charge in [-0.05, 0) is 6.42 Å². The maximum atomic E-state index is 9.58. The third-order valence-electron chi connectivity index (χ3n) is 3.04. The van der Waals surface area contributed by atoms with Gasteiger partial charge in [-0.1, -0.05) is 0 Å². The summed E-state index contributed by atoms with van der Waals surface area (Å²) < 4.78 is 0. The Bertz CT molecular complexity index is 201. The van der Waals surface area contributed by atoms with E-state index in [9.17, 15) is 20.4 Å². The molecule has 0 bridgehead atoms. The van der Waals surface area contributed by atoms with Crippen molar-refractivity contribution in [3.8, 4) is 0 Å². The summed E-state index contributed by atoms with van der Waals surface area (Å²) in [5, 5.41) is 37.8. The number of hydrogen-bond acceptors (Lipinski definition) is 5. The van der Waals surface area contributed by atoms with Crippen LogP contribution in [0.15, 0.2) is 0 Å². The lowest BCUT2D eigenvalue weighted by atomic mass is 9.93. The molecule has 2 rings (SSSR count). The van der Waals surface area contributed by atoms with Gasteiger partial charge >= 0.3 is 0 Å². The molecule has 2 saturated heterocycles. The predicted octanol–water partition coefficient (Wildman–Crippen LogP) is -2.48. The molecule has 76 valence electrons. The number of piperidine rings is 1. The van der Waals surface area contributed by atoms with E-state index in [2.05, 4.69) is 0 Å². The Morgan fingerprint density at radius 2 is 1.62 bits per heavy atom. The average molecular weight is 189 g/mol. The SMILES string of the molecule is OC1CN2CC[C@H](O)C2C(O)C1O. The molecule has 0 radical (unpaired) electrons. The Balaban J connectivity index is 2.15. The molecule has 5 nitrogen and oxygen atoms in total. The van der Waals surface area contributed by atoms with E-state index in [4.69, 9.17) is 0 Å². The Labute approximate surface area is 76.2 Å². The predicted molar refractivity (Wildman–Crippen MR) is 44.0 cm³/mol. The normalized spacial score (nSPS) is 52.2. The molecule has 2 heterocycles. The molecule has 4 unspecified atom stereocenters. The Morgan fingerprint density at radius 1 is 0.923 bits per heavy atom. The van der Waals surface area contributed by atoms with Crippen molar-refractivity contribution in [2.45, 2.75) is 36.9 Å². The number of fused-ring (bicyclic) bond motifs is 1. The topological polar surface area (TPSA) is 84.2 Å². The van der Waals surface area contributed by atoms with Crippen molar-refractivity contribution in [1.82, 2.24) is 4.90 Å². The number of hydrogen-bond donors (Lipinski definition) is 4. The maximum absolute atomic E-state index is 9.58. The summed E-state index contributed by atoms with van der Waals surface area (Å²) in [7, 11) is 0. The second-order valence-electron chi connectivity index (χ2n) is 3.89. The van der Waals surface area contributed by atoms with Crippen molar-refractivity contribution in [3.05, 3.63) is 0 Å². The highest BCUT2D eigenvalue weighted by Crippen LogP contribution is 2.27. The molecule has 0 aromatic rings. The molecule has 0 aliphatic carbocycles. The fraction of sp³-hybridized carbons (Fsp3) is 1.00. The Kier molecular flexibility index (Phi) is 2.29. The van der Waals surface area contributed by atoms with Crippen LogP contribution in [0.1, 0.15) is 6.42 Å². The van der Waals surface area contributed by atoms with Crippen LogP contribution >= 0.6 is 0 Å². The summed E-state index contributed by atoms with van der Waals surface area (Å²) in [4.78, 5) is 1.83. The molecule has 2 aliphatic rings. The van der Waals surface area contributed by atoms with Gasteiger partial charge in [-0.25, -0.2) is 0 Å². The van der Waals surface area contributed by atoms with E-state index in [1.807, 2.05) is 4.90 Å². The zero-order valence-electron chi connectivity index (χ0n) is 7.24. The molecule has 13 heavy (non-hydrogen) atoms. The van der Waals surface area contributed by atoms with Crippen molar-refractivity contribution in [3.63, 3.8) is 0 Å². The first-order chi connectivity index (χ1) is 6.11. The van der Waals surface area contributed by atoms with E-state index >= 15 is 0 Å². The van der Waals surface area contributed by atoms with Crippen LogP contribution in [0.25, 0.3) is 0 Å². The maximum Gasteiger partial charge on any atom is 0.109 e. The van der Waals surface area contributed by atoms with E-state index in [0.29, 0.717) is 19.5 Å². The van der Waals surface area contributed by atoms with Crippen LogP contribution in [0.2, 0.25) is 0 Å². The fourth-order valence-electron chi connectivity index (χ4n) is 2.30. The van der Waals surface area contributed by atoms with Gasteiger partial charge < -0.3 is 20.4 Å². The van der Waals surface area contributed by atoms with E-state index in [1.54, 1.807) is 0 Å². The Morgan fingerprint density at radius 3 is 2.31 bits per heavy atom. The van der Waals surface area contributed by atoms with Gasteiger partial charge in [0.05, 0.1) is 18.2 Å². The van der Waals surface area contributed by atoms with Gasteiger partial charge in [-0.15, -0.1) is 0 Å². The minimum absolute atomic E-state index is 0.333. The van der Waals surface area contributed by atoms with Crippen LogP contribution in [0.3, 0.4) is 0 Å². The van der Waals surface area contributed by atoms with Gasteiger partial charge in [0.25, 0.3) is 0 Å². The summed E-state index contributed by atoms with van der Waals surface area (Å²) in [6.07, 6.45) is -3.06. The van der Waals surface area contributed by atoms with Crippen LogP contribution in [0, 0.1) is 0 Å². The van der Waals surface area contributed by atoms with E-state index in [-0.39, 0.29) is 0 Å². The molecule has 0 amide bonds. The first-order valence-electron chi connectivity index (χ1n) is 4.57. The van der Waals surface area contributed by atoms with Crippen molar-refractivity contribution in [1.29, 1.82) is 0 Å². The molecule has 2 aliphatic heterocycles. The number of nitrogens with zero attached hydrogens (tertiary/aromatic N) is 1. The lowest BCUT2D eigenvalue weighted by Crippen LogP contribution is -2.61. The van der Waals surface area contributed by atoms with Gasteiger partial charge in [0.1, 0.15) is 12.2 Å². The second kappa shape index (κ2) is 3.18. The van der Waals surface area contributed by atoms with E-state index in [0.717, 1.165) is 0 Å². The second-order valence-corrected chi connectivity index (χ2v) is 3.89. The van der Waals surface area contributed by atoms with Gasteiger partial charge in [0.15, 0.2) is 0 Å². The summed E-state index contributed by atoms with van der Waals surface area (Å²) in [6.45, 7) is 1.01. The standard InChI is InChI=1S/C8H15NO4/c10-4-1-2-9-3-5(11)7(12)8(13)6(4)9/h4-8,10-13H,1-3H2/t4-,5?,6?,7?,8?/m0/s1. The molecule has 5 atom stereocenters.